The van der Waals surface area contributed by atoms with E-state index in [9.17, 15) is 4.79 Å². The molecule has 1 aliphatic heterocycles. The number of anilines is 1. The third-order valence-electron chi connectivity index (χ3n) is 5.18. The number of likely N-dealkylation sites (N-methyl/N-ethyl adjacent to an activating group) is 1. The van der Waals surface area contributed by atoms with Crippen molar-refractivity contribution in [2.24, 2.45) is 0 Å². The maximum atomic E-state index is 12.4. The second-order valence-electron chi connectivity index (χ2n) is 6.97. The van der Waals surface area contributed by atoms with Gasteiger partial charge in [-0.3, -0.25) is 4.79 Å². The zero-order valence-corrected chi connectivity index (χ0v) is 15.6. The molecule has 132 valence electrons. The Morgan fingerprint density at radius 2 is 2.12 bits per heavy atom. The zero-order chi connectivity index (χ0) is 17.4. The molecule has 2 aromatic rings. The molecular formula is C18H23N5OS. The summed E-state index contributed by atoms with van der Waals surface area (Å²) >= 11 is 1.59. The molecule has 0 saturated carbocycles. The maximum absolute atomic E-state index is 12.4. The van der Waals surface area contributed by atoms with Crippen molar-refractivity contribution in [1.82, 2.24) is 20.1 Å². The third kappa shape index (κ3) is 3.38. The van der Waals surface area contributed by atoms with Crippen LogP contribution in [0, 0.1) is 6.92 Å². The minimum atomic E-state index is 0.157. The Kier molecular flexibility index (Phi) is 4.41. The van der Waals surface area contributed by atoms with Gasteiger partial charge >= 0.3 is 0 Å². The molecule has 0 radical (unpaired) electrons. The van der Waals surface area contributed by atoms with Gasteiger partial charge in [-0.25, -0.2) is 4.98 Å². The molecular weight excluding hydrogens is 334 g/mol. The van der Waals surface area contributed by atoms with Gasteiger partial charge in [0.25, 0.3) is 0 Å². The smallest absolute Gasteiger partial charge is 0.228 e. The monoisotopic (exact) mass is 357 g/mol. The van der Waals surface area contributed by atoms with Crippen molar-refractivity contribution in [2.45, 2.75) is 45.1 Å². The molecule has 0 atom stereocenters. The lowest BCUT2D eigenvalue weighted by atomic mass is 9.96. The van der Waals surface area contributed by atoms with Crippen LogP contribution in [0.5, 0.6) is 0 Å². The van der Waals surface area contributed by atoms with E-state index in [1.54, 1.807) is 11.3 Å². The minimum Gasteiger partial charge on any atom is -0.351 e. The first-order valence-electron chi connectivity index (χ1n) is 8.87. The van der Waals surface area contributed by atoms with Crippen LogP contribution in [-0.2, 0) is 24.1 Å². The van der Waals surface area contributed by atoms with Crippen molar-refractivity contribution >= 4 is 23.1 Å². The number of carbonyl (C=O) groups is 1. The molecule has 2 aliphatic rings. The summed E-state index contributed by atoms with van der Waals surface area (Å²) < 4.78 is 0. The number of aryl methyl sites for hydroxylation is 3. The van der Waals surface area contributed by atoms with Crippen LogP contribution in [0.2, 0.25) is 0 Å². The molecule has 4 rings (SSSR count). The summed E-state index contributed by atoms with van der Waals surface area (Å²) in [5.41, 5.74) is 2.52. The molecule has 2 aromatic heterocycles. The number of hydrogen-bond donors (Lipinski definition) is 0. The minimum absolute atomic E-state index is 0.157. The Hall–Kier alpha value is -2.02. The number of rotatable bonds is 4. The van der Waals surface area contributed by atoms with Crippen LogP contribution >= 0.6 is 11.3 Å². The average molecular weight is 357 g/mol. The van der Waals surface area contributed by atoms with E-state index in [1.165, 1.54) is 24.1 Å². The predicted octanol–water partition coefficient (Wildman–Crippen LogP) is 2.01. The van der Waals surface area contributed by atoms with Gasteiger partial charge < -0.3 is 9.80 Å². The first kappa shape index (κ1) is 16.4. The lowest BCUT2D eigenvalue weighted by molar-refractivity contribution is -0.131. The number of hydrogen-bond acceptors (Lipinski definition) is 6. The molecule has 25 heavy (non-hydrogen) atoms. The van der Waals surface area contributed by atoms with Crippen LogP contribution in [0.4, 0.5) is 5.82 Å². The van der Waals surface area contributed by atoms with Crippen molar-refractivity contribution in [3.63, 3.8) is 0 Å². The number of aromatic nitrogens is 3. The maximum Gasteiger partial charge on any atom is 0.228 e. The average Bonchev–Trinajstić information content (AvgIpc) is 2.98. The summed E-state index contributed by atoms with van der Waals surface area (Å²) in [5.74, 6) is 1.11. The van der Waals surface area contributed by atoms with Crippen LogP contribution in [0.15, 0.2) is 12.3 Å². The van der Waals surface area contributed by atoms with E-state index in [0.29, 0.717) is 6.42 Å². The Labute approximate surface area is 151 Å². The summed E-state index contributed by atoms with van der Waals surface area (Å²) in [6.07, 6.45) is 6.88. The number of thiazole rings is 1. The number of carbonyl (C=O) groups excluding carboxylic acids is 1. The molecule has 1 aliphatic carbocycles. The molecule has 3 heterocycles. The molecule has 1 saturated heterocycles. The topological polar surface area (TPSA) is 62.2 Å². The molecule has 0 spiro atoms. The predicted molar refractivity (Wildman–Crippen MR) is 98.0 cm³/mol. The van der Waals surface area contributed by atoms with Gasteiger partial charge in [0.05, 0.1) is 23.2 Å². The van der Waals surface area contributed by atoms with Crippen molar-refractivity contribution in [1.29, 1.82) is 0 Å². The standard InChI is InChI=1S/C18H23N5OS/c1-12-19-9-15(25-12)8-18(24)22(2)14-10-23(11-14)17-7-13-5-3-4-6-16(13)20-21-17/h7,9,14H,3-6,8,10-11H2,1-2H3. The van der Waals surface area contributed by atoms with Crippen LogP contribution in [0.25, 0.3) is 0 Å². The van der Waals surface area contributed by atoms with Crippen LogP contribution in [-0.4, -0.2) is 52.2 Å². The van der Waals surface area contributed by atoms with Crippen LogP contribution in [0.3, 0.4) is 0 Å². The zero-order valence-electron chi connectivity index (χ0n) is 14.7. The Bertz CT molecular complexity index is 784. The number of nitrogens with zero attached hydrogens (tertiary/aromatic N) is 5. The number of amides is 1. The summed E-state index contributed by atoms with van der Waals surface area (Å²) in [6.45, 7) is 3.63. The van der Waals surface area contributed by atoms with E-state index in [2.05, 4.69) is 26.1 Å². The number of fused-ring (bicyclic) bond motifs is 1. The first-order chi connectivity index (χ1) is 12.1. The molecule has 0 bridgehead atoms. The van der Waals surface area contributed by atoms with Gasteiger partial charge in [0.1, 0.15) is 0 Å². The Balaban J connectivity index is 1.34. The van der Waals surface area contributed by atoms with E-state index in [1.807, 2.05) is 25.1 Å². The highest BCUT2D eigenvalue weighted by Crippen LogP contribution is 2.26. The summed E-state index contributed by atoms with van der Waals surface area (Å²) in [5, 5.41) is 9.80. The van der Waals surface area contributed by atoms with E-state index in [-0.39, 0.29) is 11.9 Å². The van der Waals surface area contributed by atoms with E-state index in [4.69, 9.17) is 0 Å². The Morgan fingerprint density at radius 1 is 1.32 bits per heavy atom. The molecule has 0 unspecified atom stereocenters. The molecule has 1 fully saturated rings. The van der Waals surface area contributed by atoms with Crippen LogP contribution in [0.1, 0.15) is 34.0 Å². The normalized spacial score (nSPS) is 17.1. The molecule has 0 N–H and O–H groups in total. The van der Waals surface area contributed by atoms with E-state index in [0.717, 1.165) is 41.6 Å². The Morgan fingerprint density at radius 3 is 2.88 bits per heavy atom. The van der Waals surface area contributed by atoms with Gasteiger partial charge in [0, 0.05) is 31.2 Å². The second kappa shape index (κ2) is 6.71. The van der Waals surface area contributed by atoms with E-state index >= 15 is 0 Å². The quantitative estimate of drug-likeness (QED) is 0.838. The molecule has 1 amide bonds. The van der Waals surface area contributed by atoms with Gasteiger partial charge in [-0.2, -0.15) is 5.10 Å². The fraction of sp³-hybridized carbons (Fsp3) is 0.556. The van der Waals surface area contributed by atoms with Crippen molar-refractivity contribution in [3.05, 3.63) is 33.4 Å². The lowest BCUT2D eigenvalue weighted by Crippen LogP contribution is -2.60. The van der Waals surface area contributed by atoms with Gasteiger partial charge in [-0.1, -0.05) is 0 Å². The highest BCUT2D eigenvalue weighted by molar-refractivity contribution is 7.11. The van der Waals surface area contributed by atoms with Crippen molar-refractivity contribution in [2.75, 3.05) is 25.0 Å². The largest absolute Gasteiger partial charge is 0.351 e. The molecule has 6 nitrogen and oxygen atoms in total. The van der Waals surface area contributed by atoms with Gasteiger partial charge in [0.15, 0.2) is 5.82 Å². The van der Waals surface area contributed by atoms with Crippen LogP contribution < -0.4 is 4.90 Å². The SMILES string of the molecule is Cc1ncc(CC(=O)N(C)C2CN(c3cc4c(nn3)CCCC4)C2)s1. The van der Waals surface area contributed by atoms with Gasteiger partial charge in [0.2, 0.25) is 5.91 Å². The molecule has 7 heteroatoms. The summed E-state index contributed by atoms with van der Waals surface area (Å²) in [7, 11) is 1.90. The summed E-state index contributed by atoms with van der Waals surface area (Å²) in [6, 6.07) is 2.44. The van der Waals surface area contributed by atoms with Gasteiger partial charge in [-0.15, -0.1) is 16.4 Å². The van der Waals surface area contributed by atoms with Crippen molar-refractivity contribution < 1.29 is 4.79 Å². The third-order valence-corrected chi connectivity index (χ3v) is 6.09. The lowest BCUT2D eigenvalue weighted by Gasteiger charge is -2.44. The fourth-order valence-electron chi connectivity index (χ4n) is 3.49. The highest BCUT2D eigenvalue weighted by atomic mass is 32.1. The van der Waals surface area contributed by atoms with E-state index < -0.39 is 0 Å². The highest BCUT2D eigenvalue weighted by Gasteiger charge is 2.33. The summed E-state index contributed by atoms with van der Waals surface area (Å²) in [4.78, 5) is 21.8. The second-order valence-corrected chi connectivity index (χ2v) is 8.29. The first-order valence-corrected chi connectivity index (χ1v) is 9.69. The molecule has 0 aromatic carbocycles. The van der Waals surface area contributed by atoms with Crippen molar-refractivity contribution in [3.8, 4) is 0 Å². The van der Waals surface area contributed by atoms with Gasteiger partial charge in [-0.05, 0) is 44.2 Å². The fourth-order valence-corrected chi connectivity index (χ4v) is 4.27.